The number of hydrogen-bond donors (Lipinski definition) is 2. The fourth-order valence-corrected chi connectivity index (χ4v) is 3.29. The molecule has 0 atom stereocenters. The average molecular weight is 304 g/mol. The third-order valence-corrected chi connectivity index (χ3v) is 4.57. The predicted octanol–water partition coefficient (Wildman–Crippen LogP) is 2.84. The van der Waals surface area contributed by atoms with Crippen LogP contribution in [0, 0.1) is 5.92 Å². The number of fused-ring (bicyclic) bond motifs is 1. The number of H-pyrrole nitrogens is 1. The number of nitrogens with zero attached hydrogens (tertiary/aromatic N) is 2. The lowest BCUT2D eigenvalue weighted by molar-refractivity contribution is 0.665. The quantitative estimate of drug-likeness (QED) is 0.911. The average Bonchev–Trinajstić information content (AvgIpc) is 2.93. The van der Waals surface area contributed by atoms with Crippen LogP contribution in [-0.2, 0) is 12.8 Å². The van der Waals surface area contributed by atoms with E-state index >= 15 is 0 Å². The van der Waals surface area contributed by atoms with Crippen molar-refractivity contribution in [3.05, 3.63) is 27.7 Å². The number of anilines is 1. The Balaban J connectivity index is 1.88. The van der Waals surface area contributed by atoms with Gasteiger partial charge in [0.05, 0.1) is 5.56 Å². The van der Waals surface area contributed by atoms with Crippen LogP contribution in [0.2, 0.25) is 0 Å². The lowest BCUT2D eigenvalue weighted by atomic mass is 9.95. The molecule has 0 bridgehead atoms. The lowest BCUT2D eigenvalue weighted by Gasteiger charge is -2.15. The van der Waals surface area contributed by atoms with E-state index in [-0.39, 0.29) is 5.56 Å². The topological polar surface area (TPSA) is 70.7 Å². The number of rotatable bonds is 4. The van der Waals surface area contributed by atoms with Crippen LogP contribution in [0.15, 0.2) is 10.9 Å². The maximum absolute atomic E-state index is 12.2. The lowest BCUT2D eigenvalue weighted by Crippen LogP contribution is -2.16. The van der Waals surface area contributed by atoms with E-state index in [1.165, 1.54) is 23.3 Å². The summed E-state index contributed by atoms with van der Waals surface area (Å²) in [5.74, 6) is 0.546. The van der Waals surface area contributed by atoms with Crippen molar-refractivity contribution in [3.8, 4) is 10.6 Å². The molecule has 112 valence electrons. The minimum atomic E-state index is -0.0535. The molecule has 2 N–H and O–H groups in total. The molecule has 0 amide bonds. The number of nitrogens with one attached hydrogen (secondary N) is 2. The molecule has 0 fully saturated rings. The van der Waals surface area contributed by atoms with Crippen LogP contribution < -0.4 is 10.9 Å². The van der Waals surface area contributed by atoms with Gasteiger partial charge >= 0.3 is 0 Å². The van der Waals surface area contributed by atoms with Crippen LogP contribution in [0.1, 0.15) is 37.9 Å². The molecule has 3 rings (SSSR count). The van der Waals surface area contributed by atoms with Crippen molar-refractivity contribution >= 4 is 16.5 Å². The molecule has 0 unspecified atom stereocenters. The Morgan fingerprint density at radius 3 is 2.95 bits per heavy atom. The number of aryl methyl sites for hydroxylation is 2. The Morgan fingerprint density at radius 2 is 2.14 bits per heavy atom. The van der Waals surface area contributed by atoms with Crippen LogP contribution in [0.3, 0.4) is 0 Å². The van der Waals surface area contributed by atoms with E-state index in [4.69, 9.17) is 0 Å². The molecule has 6 heteroatoms. The first-order valence-electron chi connectivity index (χ1n) is 7.46. The van der Waals surface area contributed by atoms with Gasteiger partial charge in [0.25, 0.3) is 5.56 Å². The molecule has 2 heterocycles. The first-order chi connectivity index (χ1) is 10.1. The molecular formula is C15H20N4OS. The highest BCUT2D eigenvalue weighted by Gasteiger charge is 2.16. The third kappa shape index (κ3) is 3.15. The molecule has 0 aromatic carbocycles. The molecule has 2 aromatic rings. The fraction of sp³-hybridized carbons (Fsp3) is 0.533. The largest absolute Gasteiger partial charge is 0.360 e. The van der Waals surface area contributed by atoms with Gasteiger partial charge in [-0.25, -0.2) is 0 Å². The summed E-state index contributed by atoms with van der Waals surface area (Å²) in [6.45, 7) is 5.14. The summed E-state index contributed by atoms with van der Waals surface area (Å²) in [4.78, 5) is 15.2. The number of pyridine rings is 1. The molecule has 0 aliphatic heterocycles. The highest BCUT2D eigenvalue weighted by molar-refractivity contribution is 7.18. The monoisotopic (exact) mass is 304 g/mol. The molecule has 5 nitrogen and oxygen atoms in total. The first-order valence-corrected chi connectivity index (χ1v) is 8.28. The van der Waals surface area contributed by atoms with E-state index in [0.717, 1.165) is 36.6 Å². The first kappa shape index (κ1) is 14.3. The van der Waals surface area contributed by atoms with Crippen molar-refractivity contribution in [1.82, 2.24) is 15.2 Å². The Morgan fingerprint density at radius 1 is 1.33 bits per heavy atom. The zero-order valence-electron chi connectivity index (χ0n) is 12.4. The summed E-state index contributed by atoms with van der Waals surface area (Å²) >= 11 is 1.44. The molecule has 21 heavy (non-hydrogen) atoms. The van der Waals surface area contributed by atoms with Crippen molar-refractivity contribution in [2.75, 3.05) is 11.9 Å². The maximum atomic E-state index is 12.2. The van der Waals surface area contributed by atoms with Crippen molar-refractivity contribution in [2.45, 2.75) is 39.5 Å². The zero-order chi connectivity index (χ0) is 14.8. The Kier molecular flexibility index (Phi) is 4.05. The van der Waals surface area contributed by atoms with Gasteiger partial charge in [-0.05, 0) is 43.2 Å². The summed E-state index contributed by atoms with van der Waals surface area (Å²) in [7, 11) is 0. The SMILES string of the molecule is CC(C)CNc1nnc(-c2cc3c([nH]c2=O)CCCC3)s1. The van der Waals surface area contributed by atoms with Crippen molar-refractivity contribution in [3.63, 3.8) is 0 Å². The summed E-state index contributed by atoms with van der Waals surface area (Å²) < 4.78 is 0. The second kappa shape index (κ2) is 5.97. The third-order valence-electron chi connectivity index (χ3n) is 3.66. The second-order valence-electron chi connectivity index (χ2n) is 5.91. The van der Waals surface area contributed by atoms with Crippen LogP contribution in [-0.4, -0.2) is 21.7 Å². The van der Waals surface area contributed by atoms with E-state index in [1.807, 2.05) is 6.07 Å². The standard InChI is InChI=1S/C15H20N4OS/c1-9(2)8-16-15-19-18-14(21-15)11-7-10-5-3-4-6-12(10)17-13(11)20/h7,9H,3-6,8H2,1-2H3,(H,16,19)(H,17,20). The summed E-state index contributed by atoms with van der Waals surface area (Å²) in [5.41, 5.74) is 2.94. The maximum Gasteiger partial charge on any atom is 0.258 e. The highest BCUT2D eigenvalue weighted by atomic mass is 32.1. The van der Waals surface area contributed by atoms with Gasteiger partial charge < -0.3 is 10.3 Å². The summed E-state index contributed by atoms with van der Waals surface area (Å²) in [6.07, 6.45) is 4.36. The summed E-state index contributed by atoms with van der Waals surface area (Å²) in [6, 6.07) is 2.00. The van der Waals surface area contributed by atoms with Gasteiger partial charge in [-0.15, -0.1) is 10.2 Å². The normalized spacial score (nSPS) is 14.2. The van der Waals surface area contributed by atoms with Crippen LogP contribution >= 0.6 is 11.3 Å². The van der Waals surface area contributed by atoms with Gasteiger partial charge in [0.2, 0.25) is 5.13 Å². The Hall–Kier alpha value is -1.69. The molecule has 1 aliphatic carbocycles. The second-order valence-corrected chi connectivity index (χ2v) is 6.89. The molecule has 0 radical (unpaired) electrons. The Bertz CT molecular complexity index is 689. The van der Waals surface area contributed by atoms with Gasteiger partial charge in [0, 0.05) is 12.2 Å². The van der Waals surface area contributed by atoms with Crippen LogP contribution in [0.4, 0.5) is 5.13 Å². The van der Waals surface area contributed by atoms with E-state index in [1.54, 1.807) is 0 Å². The number of aromatic nitrogens is 3. The summed E-state index contributed by atoms with van der Waals surface area (Å²) in [5, 5.41) is 13.0. The molecule has 0 spiro atoms. The van der Waals surface area contributed by atoms with E-state index in [2.05, 4.69) is 34.3 Å². The van der Waals surface area contributed by atoms with Gasteiger partial charge in [-0.2, -0.15) is 0 Å². The van der Waals surface area contributed by atoms with Crippen molar-refractivity contribution in [1.29, 1.82) is 0 Å². The predicted molar refractivity (Wildman–Crippen MR) is 85.9 cm³/mol. The van der Waals surface area contributed by atoms with Gasteiger partial charge in [0.15, 0.2) is 5.01 Å². The van der Waals surface area contributed by atoms with E-state index in [9.17, 15) is 4.79 Å². The van der Waals surface area contributed by atoms with Gasteiger partial charge in [-0.1, -0.05) is 25.2 Å². The highest BCUT2D eigenvalue weighted by Crippen LogP contribution is 2.27. The molecule has 0 saturated heterocycles. The van der Waals surface area contributed by atoms with Crippen molar-refractivity contribution in [2.24, 2.45) is 5.92 Å². The smallest absolute Gasteiger partial charge is 0.258 e. The van der Waals surface area contributed by atoms with Crippen molar-refractivity contribution < 1.29 is 0 Å². The molecule has 2 aromatic heterocycles. The van der Waals surface area contributed by atoms with E-state index in [0.29, 0.717) is 16.5 Å². The molecule has 0 saturated carbocycles. The van der Waals surface area contributed by atoms with E-state index < -0.39 is 0 Å². The minimum absolute atomic E-state index is 0.0535. The molecule has 1 aliphatic rings. The zero-order valence-corrected chi connectivity index (χ0v) is 13.2. The number of hydrogen-bond acceptors (Lipinski definition) is 5. The van der Waals surface area contributed by atoms with Gasteiger partial charge in [0.1, 0.15) is 0 Å². The number of aromatic amines is 1. The van der Waals surface area contributed by atoms with Crippen LogP contribution in [0.5, 0.6) is 0 Å². The molecular weight excluding hydrogens is 284 g/mol. The van der Waals surface area contributed by atoms with Crippen LogP contribution in [0.25, 0.3) is 10.6 Å². The minimum Gasteiger partial charge on any atom is -0.360 e. The van der Waals surface area contributed by atoms with Gasteiger partial charge in [-0.3, -0.25) is 4.79 Å². The Labute approximate surface area is 127 Å². The fourth-order valence-electron chi connectivity index (χ4n) is 2.53.